The van der Waals surface area contributed by atoms with Crippen LogP contribution in [0.25, 0.3) is 0 Å². The number of anilines is 2. The number of nitrogens with one attached hydrogen (secondary N) is 1. The molecule has 2 aromatic rings. The van der Waals surface area contributed by atoms with Crippen LogP contribution in [-0.2, 0) is 15.5 Å². The summed E-state index contributed by atoms with van der Waals surface area (Å²) in [5.41, 5.74) is 2.14. The van der Waals surface area contributed by atoms with Crippen molar-refractivity contribution in [1.82, 2.24) is 4.98 Å². The van der Waals surface area contributed by atoms with Crippen LogP contribution in [0.4, 0.5) is 11.5 Å². The molecule has 1 N–H and O–H groups in total. The van der Waals surface area contributed by atoms with E-state index in [1.54, 1.807) is 6.26 Å². The number of morpholine rings is 1. The minimum absolute atomic E-state index is 0.153. The summed E-state index contributed by atoms with van der Waals surface area (Å²) in [7, 11) is -0.938. The maximum Gasteiger partial charge on any atom is 0.128 e. The zero-order valence-corrected chi connectivity index (χ0v) is 14.9. The van der Waals surface area contributed by atoms with Gasteiger partial charge in [-0.15, -0.1) is 0 Å². The standard InChI is InChI=1S/C18H23N3O2S/c1-14(15-3-6-17(7-4-15)24(2)22)20-16-5-8-18(19-13-16)21-9-11-23-12-10-21/h3-8,13-14,20H,9-12H2,1-2H3/t14-,24+/m0/s1. The second-order valence-corrected chi connectivity index (χ2v) is 7.27. The summed E-state index contributed by atoms with van der Waals surface area (Å²) in [5.74, 6) is 0.992. The van der Waals surface area contributed by atoms with Crippen molar-refractivity contribution in [2.45, 2.75) is 17.9 Å². The molecule has 5 nitrogen and oxygen atoms in total. The van der Waals surface area contributed by atoms with Gasteiger partial charge in [-0.2, -0.15) is 0 Å². The third kappa shape index (κ3) is 4.13. The van der Waals surface area contributed by atoms with E-state index in [4.69, 9.17) is 4.74 Å². The predicted molar refractivity (Wildman–Crippen MR) is 98.1 cm³/mol. The molecule has 0 radical (unpaired) electrons. The van der Waals surface area contributed by atoms with Gasteiger partial charge in [0, 0.05) is 41.1 Å². The van der Waals surface area contributed by atoms with Gasteiger partial charge in [-0.1, -0.05) is 12.1 Å². The van der Waals surface area contributed by atoms with Gasteiger partial charge in [0.2, 0.25) is 0 Å². The number of rotatable bonds is 5. The largest absolute Gasteiger partial charge is 0.378 e. The van der Waals surface area contributed by atoms with Crippen molar-refractivity contribution >= 4 is 22.3 Å². The SMILES string of the molecule is C[C@H](Nc1ccc(N2CCOCC2)nc1)c1ccc([S@@](C)=O)cc1. The van der Waals surface area contributed by atoms with Gasteiger partial charge in [-0.3, -0.25) is 4.21 Å². The highest BCUT2D eigenvalue weighted by Gasteiger charge is 2.12. The summed E-state index contributed by atoms with van der Waals surface area (Å²) >= 11 is 0. The number of hydrogen-bond acceptors (Lipinski definition) is 5. The number of aromatic nitrogens is 1. The fourth-order valence-corrected chi connectivity index (χ4v) is 3.25. The van der Waals surface area contributed by atoms with Crippen molar-refractivity contribution in [2.24, 2.45) is 0 Å². The molecule has 0 bridgehead atoms. The fraction of sp³-hybridized carbons (Fsp3) is 0.389. The van der Waals surface area contributed by atoms with E-state index >= 15 is 0 Å². The van der Waals surface area contributed by atoms with Gasteiger partial charge in [0.15, 0.2) is 0 Å². The average Bonchev–Trinajstić information content (AvgIpc) is 2.63. The van der Waals surface area contributed by atoms with Gasteiger partial charge < -0.3 is 15.0 Å². The van der Waals surface area contributed by atoms with Crippen LogP contribution in [0.1, 0.15) is 18.5 Å². The van der Waals surface area contributed by atoms with Gasteiger partial charge in [0.1, 0.15) is 5.82 Å². The summed E-state index contributed by atoms with van der Waals surface area (Å²) in [6, 6.07) is 12.1. The first-order valence-corrected chi connectivity index (χ1v) is 9.68. The lowest BCUT2D eigenvalue weighted by Crippen LogP contribution is -2.36. The molecule has 1 fully saturated rings. The van der Waals surface area contributed by atoms with Crippen LogP contribution in [0.3, 0.4) is 0 Å². The maximum atomic E-state index is 11.5. The van der Waals surface area contributed by atoms with Crippen LogP contribution in [0.5, 0.6) is 0 Å². The highest BCUT2D eigenvalue weighted by molar-refractivity contribution is 7.84. The van der Waals surface area contributed by atoms with E-state index in [9.17, 15) is 4.21 Å². The van der Waals surface area contributed by atoms with Crippen molar-refractivity contribution < 1.29 is 8.95 Å². The van der Waals surface area contributed by atoms with Crippen LogP contribution >= 0.6 is 0 Å². The lowest BCUT2D eigenvalue weighted by atomic mass is 10.1. The van der Waals surface area contributed by atoms with E-state index in [-0.39, 0.29) is 6.04 Å². The molecule has 1 aliphatic rings. The Morgan fingerprint density at radius 3 is 2.46 bits per heavy atom. The van der Waals surface area contributed by atoms with E-state index in [0.717, 1.165) is 48.3 Å². The van der Waals surface area contributed by atoms with Gasteiger partial charge in [0.05, 0.1) is 25.1 Å². The number of ether oxygens (including phenoxy) is 1. The quantitative estimate of drug-likeness (QED) is 0.903. The molecule has 1 aromatic carbocycles. The predicted octanol–water partition coefficient (Wildman–Crippen LogP) is 2.83. The molecule has 0 spiro atoms. The molecule has 0 aliphatic carbocycles. The molecule has 0 unspecified atom stereocenters. The Morgan fingerprint density at radius 2 is 1.88 bits per heavy atom. The highest BCUT2D eigenvalue weighted by Crippen LogP contribution is 2.21. The maximum absolute atomic E-state index is 11.5. The molecule has 0 saturated carbocycles. The molecule has 1 saturated heterocycles. The zero-order valence-electron chi connectivity index (χ0n) is 14.1. The van der Waals surface area contributed by atoms with Crippen LogP contribution in [0.15, 0.2) is 47.5 Å². The number of benzene rings is 1. The molecule has 24 heavy (non-hydrogen) atoms. The van der Waals surface area contributed by atoms with Crippen molar-refractivity contribution in [3.63, 3.8) is 0 Å². The molecule has 128 valence electrons. The highest BCUT2D eigenvalue weighted by atomic mass is 32.2. The fourth-order valence-electron chi connectivity index (χ4n) is 2.73. The van der Waals surface area contributed by atoms with Crippen LogP contribution in [0, 0.1) is 0 Å². The van der Waals surface area contributed by atoms with E-state index < -0.39 is 10.8 Å². The average molecular weight is 345 g/mol. The first kappa shape index (κ1) is 16.9. The summed E-state index contributed by atoms with van der Waals surface area (Å²) < 4.78 is 16.8. The lowest BCUT2D eigenvalue weighted by molar-refractivity contribution is 0.122. The van der Waals surface area contributed by atoms with Crippen molar-refractivity contribution in [1.29, 1.82) is 0 Å². The second kappa shape index (κ2) is 7.77. The molecule has 6 heteroatoms. The Labute approximate surface area is 145 Å². The van der Waals surface area contributed by atoms with Crippen LogP contribution in [-0.4, -0.2) is 41.8 Å². The minimum atomic E-state index is -0.938. The first-order valence-electron chi connectivity index (χ1n) is 8.12. The van der Waals surface area contributed by atoms with E-state index in [1.807, 2.05) is 36.5 Å². The Morgan fingerprint density at radius 1 is 1.17 bits per heavy atom. The summed E-state index contributed by atoms with van der Waals surface area (Å²) in [4.78, 5) is 7.64. The van der Waals surface area contributed by atoms with E-state index in [1.165, 1.54) is 0 Å². The Bertz CT molecular complexity index is 682. The molecular weight excluding hydrogens is 322 g/mol. The smallest absolute Gasteiger partial charge is 0.128 e. The van der Waals surface area contributed by atoms with Gasteiger partial charge >= 0.3 is 0 Å². The molecule has 0 amide bonds. The molecule has 1 aliphatic heterocycles. The Balaban J connectivity index is 1.63. The van der Waals surface area contributed by atoms with Crippen molar-refractivity contribution in [3.8, 4) is 0 Å². The number of pyridine rings is 1. The minimum Gasteiger partial charge on any atom is -0.378 e. The summed E-state index contributed by atoms with van der Waals surface area (Å²) in [5, 5.41) is 3.46. The topological polar surface area (TPSA) is 54.5 Å². The van der Waals surface area contributed by atoms with Crippen molar-refractivity contribution in [3.05, 3.63) is 48.2 Å². The van der Waals surface area contributed by atoms with Gasteiger partial charge in [-0.25, -0.2) is 4.98 Å². The lowest BCUT2D eigenvalue weighted by Gasteiger charge is -2.28. The second-order valence-electron chi connectivity index (χ2n) is 5.89. The third-order valence-corrected chi connectivity index (χ3v) is 5.11. The summed E-state index contributed by atoms with van der Waals surface area (Å²) in [6.45, 7) is 5.41. The third-order valence-electron chi connectivity index (χ3n) is 4.18. The number of hydrogen-bond donors (Lipinski definition) is 1. The van der Waals surface area contributed by atoms with E-state index in [0.29, 0.717) is 0 Å². The first-order chi connectivity index (χ1) is 11.6. The zero-order chi connectivity index (χ0) is 16.9. The monoisotopic (exact) mass is 345 g/mol. The molecular formula is C18H23N3O2S. The van der Waals surface area contributed by atoms with Gasteiger partial charge in [0.25, 0.3) is 0 Å². The van der Waals surface area contributed by atoms with E-state index in [2.05, 4.69) is 28.2 Å². The molecule has 1 aromatic heterocycles. The molecule has 2 heterocycles. The Kier molecular flexibility index (Phi) is 5.48. The van der Waals surface area contributed by atoms with Crippen LogP contribution < -0.4 is 10.2 Å². The number of nitrogens with zero attached hydrogens (tertiary/aromatic N) is 2. The van der Waals surface area contributed by atoms with Crippen LogP contribution in [0.2, 0.25) is 0 Å². The molecule has 3 rings (SSSR count). The summed E-state index contributed by atoms with van der Waals surface area (Å²) in [6.07, 6.45) is 3.56. The normalized spacial score (nSPS) is 17.3. The van der Waals surface area contributed by atoms with Crippen molar-refractivity contribution in [2.75, 3.05) is 42.8 Å². The molecule has 2 atom stereocenters. The Hall–Kier alpha value is -1.92. The van der Waals surface area contributed by atoms with Gasteiger partial charge in [-0.05, 0) is 36.8 Å².